The van der Waals surface area contributed by atoms with E-state index in [4.69, 9.17) is 4.74 Å². The van der Waals surface area contributed by atoms with Gasteiger partial charge in [-0.25, -0.2) is 4.98 Å². The van der Waals surface area contributed by atoms with E-state index >= 15 is 0 Å². The van der Waals surface area contributed by atoms with Crippen LogP contribution in [0.1, 0.15) is 29.3 Å². The summed E-state index contributed by atoms with van der Waals surface area (Å²) < 4.78 is 6.49. The van der Waals surface area contributed by atoms with E-state index < -0.39 is 0 Å². The topological polar surface area (TPSA) is 68.3 Å². The monoisotopic (exact) mass is 354 g/mol. The number of anilines is 1. The molecular weight excluding hydrogens is 336 g/mol. The van der Waals surface area contributed by atoms with Crippen LogP contribution in [0.15, 0.2) is 42.5 Å². The zero-order valence-corrected chi connectivity index (χ0v) is 14.9. The summed E-state index contributed by atoms with van der Waals surface area (Å²) in [6.07, 6.45) is 0.463. The first-order valence-electron chi connectivity index (χ1n) is 7.98. The van der Waals surface area contributed by atoms with Crippen molar-refractivity contribution in [3.63, 3.8) is 0 Å². The minimum absolute atomic E-state index is 0.0790. The maximum absolute atomic E-state index is 12.0. The molecule has 0 atom stereocenters. The van der Waals surface area contributed by atoms with Crippen LogP contribution in [0.4, 0.5) is 5.13 Å². The highest BCUT2D eigenvalue weighted by molar-refractivity contribution is 7.22. The number of benzene rings is 2. The normalized spacial score (nSPS) is 10.6. The number of rotatable bonds is 6. The van der Waals surface area contributed by atoms with Crippen LogP contribution < -0.4 is 10.1 Å². The van der Waals surface area contributed by atoms with E-state index in [-0.39, 0.29) is 18.3 Å². The molecule has 128 valence electrons. The van der Waals surface area contributed by atoms with E-state index in [1.807, 2.05) is 32.0 Å². The van der Waals surface area contributed by atoms with Crippen LogP contribution >= 0.6 is 11.3 Å². The summed E-state index contributed by atoms with van der Waals surface area (Å²) in [6, 6.07) is 12.8. The van der Waals surface area contributed by atoms with E-state index in [1.54, 1.807) is 24.3 Å². The SMILES string of the molecule is CCC(=O)c1ccc(OCC(=O)Nc2nc3ccc(C)cc3s2)cc1. The molecule has 0 bridgehead atoms. The van der Waals surface area contributed by atoms with Gasteiger partial charge in [0.25, 0.3) is 5.91 Å². The van der Waals surface area contributed by atoms with Gasteiger partial charge in [0.1, 0.15) is 5.75 Å². The highest BCUT2D eigenvalue weighted by Crippen LogP contribution is 2.26. The lowest BCUT2D eigenvalue weighted by molar-refractivity contribution is -0.118. The van der Waals surface area contributed by atoms with Crippen molar-refractivity contribution in [3.05, 3.63) is 53.6 Å². The van der Waals surface area contributed by atoms with Crippen molar-refractivity contribution >= 4 is 38.4 Å². The number of thiazole rings is 1. The van der Waals surface area contributed by atoms with E-state index in [2.05, 4.69) is 10.3 Å². The fourth-order valence-electron chi connectivity index (χ4n) is 2.33. The first-order valence-corrected chi connectivity index (χ1v) is 8.80. The molecule has 25 heavy (non-hydrogen) atoms. The molecule has 0 aliphatic rings. The Hall–Kier alpha value is -2.73. The van der Waals surface area contributed by atoms with Crippen molar-refractivity contribution in [3.8, 4) is 5.75 Å². The van der Waals surface area contributed by atoms with Gasteiger partial charge in [0.2, 0.25) is 0 Å². The molecular formula is C19H18N2O3S. The Kier molecular flexibility index (Phi) is 5.09. The maximum atomic E-state index is 12.0. The van der Waals surface area contributed by atoms with Crippen molar-refractivity contribution in [2.24, 2.45) is 0 Å². The van der Waals surface area contributed by atoms with Crippen LogP contribution in [0.25, 0.3) is 10.2 Å². The van der Waals surface area contributed by atoms with Gasteiger partial charge in [-0.15, -0.1) is 0 Å². The van der Waals surface area contributed by atoms with Crippen LogP contribution in [0.3, 0.4) is 0 Å². The number of amides is 1. The number of carbonyl (C=O) groups is 2. The summed E-state index contributed by atoms with van der Waals surface area (Å²) in [4.78, 5) is 28.0. The maximum Gasteiger partial charge on any atom is 0.264 e. The zero-order chi connectivity index (χ0) is 17.8. The number of aromatic nitrogens is 1. The van der Waals surface area contributed by atoms with Crippen molar-refractivity contribution in [1.29, 1.82) is 0 Å². The predicted octanol–water partition coefficient (Wildman–Crippen LogP) is 4.21. The Morgan fingerprint density at radius 1 is 1.16 bits per heavy atom. The molecule has 3 aromatic rings. The standard InChI is InChI=1S/C19H18N2O3S/c1-3-16(22)13-5-7-14(8-6-13)24-11-18(23)21-19-20-15-9-4-12(2)10-17(15)25-19/h4-10H,3,11H2,1-2H3,(H,20,21,23). The van der Waals surface area contributed by atoms with Crippen molar-refractivity contribution in [2.45, 2.75) is 20.3 Å². The van der Waals surface area contributed by atoms with Crippen molar-refractivity contribution < 1.29 is 14.3 Å². The van der Waals surface area contributed by atoms with E-state index in [0.29, 0.717) is 22.9 Å². The minimum Gasteiger partial charge on any atom is -0.484 e. The smallest absolute Gasteiger partial charge is 0.264 e. The zero-order valence-electron chi connectivity index (χ0n) is 14.0. The number of ether oxygens (including phenoxy) is 1. The highest BCUT2D eigenvalue weighted by atomic mass is 32.1. The van der Waals surface area contributed by atoms with Gasteiger partial charge in [-0.05, 0) is 48.9 Å². The summed E-state index contributed by atoms with van der Waals surface area (Å²) in [5, 5.41) is 3.30. The van der Waals surface area contributed by atoms with Crippen molar-refractivity contribution in [2.75, 3.05) is 11.9 Å². The van der Waals surface area contributed by atoms with E-state index in [9.17, 15) is 9.59 Å². The van der Waals surface area contributed by atoms with Gasteiger partial charge >= 0.3 is 0 Å². The number of Topliss-reactive ketones (excluding diaryl/α,β-unsaturated/α-hetero) is 1. The third-order valence-electron chi connectivity index (χ3n) is 3.66. The number of fused-ring (bicyclic) bond motifs is 1. The van der Waals surface area contributed by atoms with E-state index in [1.165, 1.54) is 11.3 Å². The van der Waals surface area contributed by atoms with Crippen molar-refractivity contribution in [1.82, 2.24) is 4.98 Å². The molecule has 0 saturated carbocycles. The van der Waals surface area contributed by atoms with Gasteiger partial charge in [0, 0.05) is 12.0 Å². The van der Waals surface area contributed by atoms with Gasteiger partial charge in [0.15, 0.2) is 17.5 Å². The predicted molar refractivity (Wildman–Crippen MR) is 99.5 cm³/mol. The average Bonchev–Trinajstić information content (AvgIpc) is 3.01. The highest BCUT2D eigenvalue weighted by Gasteiger charge is 2.09. The number of nitrogens with one attached hydrogen (secondary N) is 1. The molecule has 0 aliphatic heterocycles. The molecule has 0 radical (unpaired) electrons. The molecule has 0 fully saturated rings. The first kappa shape index (κ1) is 17.1. The Bertz CT molecular complexity index is 916. The molecule has 1 heterocycles. The van der Waals surface area contributed by atoms with Gasteiger partial charge in [-0.1, -0.05) is 24.3 Å². The molecule has 2 aromatic carbocycles. The fraction of sp³-hybridized carbons (Fsp3) is 0.211. The summed E-state index contributed by atoms with van der Waals surface area (Å²) in [5.74, 6) is 0.350. The van der Waals surface area contributed by atoms with E-state index in [0.717, 1.165) is 15.8 Å². The first-order chi connectivity index (χ1) is 12.0. The summed E-state index contributed by atoms with van der Waals surface area (Å²) in [5.41, 5.74) is 2.66. The van der Waals surface area contributed by atoms with Gasteiger partial charge in [-0.2, -0.15) is 0 Å². The Balaban J connectivity index is 1.57. The number of hydrogen-bond acceptors (Lipinski definition) is 5. The quantitative estimate of drug-likeness (QED) is 0.673. The van der Waals surface area contributed by atoms with Gasteiger partial charge in [0.05, 0.1) is 10.2 Å². The second-order valence-electron chi connectivity index (χ2n) is 5.63. The van der Waals surface area contributed by atoms with Crippen LogP contribution in [0, 0.1) is 6.92 Å². The number of carbonyl (C=O) groups excluding carboxylic acids is 2. The van der Waals surface area contributed by atoms with Crippen LogP contribution in [0.5, 0.6) is 5.75 Å². The van der Waals surface area contributed by atoms with Gasteiger partial charge < -0.3 is 4.74 Å². The molecule has 1 aromatic heterocycles. The van der Waals surface area contributed by atoms with Crippen LogP contribution in [-0.2, 0) is 4.79 Å². The molecule has 0 unspecified atom stereocenters. The molecule has 5 nitrogen and oxygen atoms in total. The Labute approximate surface area is 149 Å². The van der Waals surface area contributed by atoms with Crippen LogP contribution in [-0.4, -0.2) is 23.3 Å². The lowest BCUT2D eigenvalue weighted by Crippen LogP contribution is -2.20. The average molecular weight is 354 g/mol. The molecule has 3 rings (SSSR count). The number of aryl methyl sites for hydroxylation is 1. The summed E-state index contributed by atoms with van der Waals surface area (Å²) in [7, 11) is 0. The molecule has 0 aliphatic carbocycles. The molecule has 6 heteroatoms. The Morgan fingerprint density at radius 3 is 2.64 bits per heavy atom. The molecule has 0 saturated heterocycles. The van der Waals surface area contributed by atoms with Crippen LogP contribution in [0.2, 0.25) is 0 Å². The second kappa shape index (κ2) is 7.44. The molecule has 0 spiro atoms. The number of ketones is 1. The van der Waals surface area contributed by atoms with Gasteiger partial charge in [-0.3, -0.25) is 14.9 Å². The molecule has 1 amide bonds. The number of hydrogen-bond donors (Lipinski definition) is 1. The number of nitrogens with zero attached hydrogens (tertiary/aromatic N) is 1. The lowest BCUT2D eigenvalue weighted by atomic mass is 10.1. The lowest BCUT2D eigenvalue weighted by Gasteiger charge is -2.06. The third-order valence-corrected chi connectivity index (χ3v) is 4.59. The second-order valence-corrected chi connectivity index (χ2v) is 6.66. The molecule has 1 N–H and O–H groups in total. The largest absolute Gasteiger partial charge is 0.484 e. The summed E-state index contributed by atoms with van der Waals surface area (Å²) >= 11 is 1.43. The fourth-order valence-corrected chi connectivity index (χ4v) is 3.31. The minimum atomic E-state index is -0.274. The third kappa shape index (κ3) is 4.22. The Morgan fingerprint density at radius 2 is 1.92 bits per heavy atom. The summed E-state index contributed by atoms with van der Waals surface area (Å²) in [6.45, 7) is 3.72.